The van der Waals surface area contributed by atoms with Crippen LogP contribution < -0.4 is 0 Å². The van der Waals surface area contributed by atoms with E-state index in [1.807, 2.05) is 19.9 Å². The van der Waals surface area contributed by atoms with Crippen LogP contribution in [0.3, 0.4) is 0 Å². The lowest BCUT2D eigenvalue weighted by atomic mass is 10.3. The summed E-state index contributed by atoms with van der Waals surface area (Å²) < 4.78 is 0. The molecule has 13 heavy (non-hydrogen) atoms. The smallest absolute Gasteiger partial charge is 0.177 e. The minimum Gasteiger partial charge on any atom is -0.383 e. The third-order valence-electron chi connectivity index (χ3n) is 1.60. The average Bonchev–Trinajstić information content (AvgIpc) is 2.39. The summed E-state index contributed by atoms with van der Waals surface area (Å²) in [6, 6.07) is 2.00. The fourth-order valence-corrected chi connectivity index (χ4v) is 1.05. The number of rotatable bonds is 3. The summed E-state index contributed by atoms with van der Waals surface area (Å²) in [7, 11) is 0. The highest BCUT2D eigenvalue weighted by atomic mass is 16.6. The highest BCUT2D eigenvalue weighted by Gasteiger charge is 1.97. The first-order valence-electron chi connectivity index (χ1n) is 3.99. The maximum absolute atomic E-state index is 4.99. The van der Waals surface area contributed by atoms with Crippen LogP contribution in [0.2, 0.25) is 0 Å². The molecule has 1 rings (SSSR count). The highest BCUT2D eigenvalue weighted by Crippen LogP contribution is 2.05. The summed E-state index contributed by atoms with van der Waals surface area (Å²) in [4.78, 5) is 7.93. The Morgan fingerprint density at radius 1 is 1.69 bits per heavy atom. The van der Waals surface area contributed by atoms with E-state index in [4.69, 9.17) is 11.3 Å². The monoisotopic (exact) mass is 176 g/mol. The zero-order valence-corrected chi connectivity index (χ0v) is 7.79. The molecule has 3 nitrogen and oxygen atoms in total. The predicted molar refractivity (Wildman–Crippen MR) is 52.6 cm³/mol. The molecule has 0 bridgehead atoms. The molecule has 0 aliphatic rings. The second-order valence-corrected chi connectivity index (χ2v) is 2.74. The zero-order valence-electron chi connectivity index (χ0n) is 7.79. The Balaban J connectivity index is 2.59. The van der Waals surface area contributed by atoms with Crippen LogP contribution >= 0.6 is 0 Å². The minimum absolute atomic E-state index is 0.207. The van der Waals surface area contributed by atoms with E-state index in [9.17, 15) is 0 Å². The van der Waals surface area contributed by atoms with Crippen LogP contribution in [0.15, 0.2) is 11.2 Å². The number of nitrogens with one attached hydrogen (secondary N) is 1. The van der Waals surface area contributed by atoms with Crippen LogP contribution in [0.5, 0.6) is 0 Å². The molecule has 0 aliphatic carbocycles. The first kappa shape index (κ1) is 9.40. The van der Waals surface area contributed by atoms with E-state index in [0.29, 0.717) is 0 Å². The first-order chi connectivity index (χ1) is 6.24. The van der Waals surface area contributed by atoms with Gasteiger partial charge in [-0.2, -0.15) is 0 Å². The number of aryl methyl sites for hydroxylation is 2. The second kappa shape index (κ2) is 4.36. The Morgan fingerprint density at radius 3 is 3.00 bits per heavy atom. The lowest BCUT2D eigenvalue weighted by molar-refractivity contribution is 0.181. The van der Waals surface area contributed by atoms with Crippen molar-refractivity contribution in [2.45, 2.75) is 13.8 Å². The van der Waals surface area contributed by atoms with Crippen molar-refractivity contribution in [2.24, 2.45) is 5.16 Å². The van der Waals surface area contributed by atoms with Gasteiger partial charge in [-0.3, -0.25) is 0 Å². The molecule has 0 spiro atoms. The highest BCUT2D eigenvalue weighted by molar-refractivity contribution is 5.81. The van der Waals surface area contributed by atoms with Gasteiger partial charge < -0.3 is 9.82 Å². The number of aromatic amines is 1. The molecule has 68 valence electrons. The van der Waals surface area contributed by atoms with E-state index < -0.39 is 0 Å². The van der Waals surface area contributed by atoms with Crippen LogP contribution in [0.4, 0.5) is 0 Å². The van der Waals surface area contributed by atoms with Gasteiger partial charge in [0.1, 0.15) is 0 Å². The third kappa shape index (κ3) is 2.68. The van der Waals surface area contributed by atoms with E-state index in [-0.39, 0.29) is 6.61 Å². The van der Waals surface area contributed by atoms with Gasteiger partial charge in [0, 0.05) is 17.0 Å². The summed E-state index contributed by atoms with van der Waals surface area (Å²) >= 11 is 0. The van der Waals surface area contributed by atoms with Crippen molar-refractivity contribution in [1.29, 1.82) is 0 Å². The molecule has 0 fully saturated rings. The van der Waals surface area contributed by atoms with Crippen molar-refractivity contribution in [2.75, 3.05) is 6.61 Å². The Kier molecular flexibility index (Phi) is 3.15. The molecule has 1 N–H and O–H groups in total. The van der Waals surface area contributed by atoms with Gasteiger partial charge in [-0.05, 0) is 19.9 Å². The van der Waals surface area contributed by atoms with Crippen LogP contribution in [-0.2, 0) is 4.84 Å². The molecule has 0 radical (unpaired) electrons. The number of aromatic nitrogens is 1. The van der Waals surface area contributed by atoms with E-state index in [1.165, 1.54) is 0 Å². The second-order valence-electron chi connectivity index (χ2n) is 2.74. The van der Waals surface area contributed by atoms with Gasteiger partial charge in [-0.15, -0.1) is 6.42 Å². The summed E-state index contributed by atoms with van der Waals surface area (Å²) in [5.74, 6) is 2.33. The Bertz CT molecular complexity index is 344. The molecular formula is C10H12N2O. The van der Waals surface area contributed by atoms with E-state index in [1.54, 1.807) is 6.21 Å². The summed E-state index contributed by atoms with van der Waals surface area (Å²) in [5, 5.41) is 3.72. The predicted octanol–water partition coefficient (Wildman–Crippen LogP) is 1.62. The normalized spacial score (nSPS) is 10.2. The van der Waals surface area contributed by atoms with Crippen LogP contribution in [-0.4, -0.2) is 17.8 Å². The molecule has 0 aliphatic heterocycles. The van der Waals surface area contributed by atoms with Gasteiger partial charge in [-0.1, -0.05) is 11.1 Å². The standard InChI is InChI=1S/C10H12N2O/c1-4-5-13-11-7-10-6-8(2)12-9(10)3/h1,6-7,12H,5H2,2-3H3/b11-7+. The van der Waals surface area contributed by atoms with Crippen molar-refractivity contribution in [3.8, 4) is 12.3 Å². The van der Waals surface area contributed by atoms with Crippen LogP contribution in [0, 0.1) is 26.2 Å². The Morgan fingerprint density at radius 2 is 2.46 bits per heavy atom. The Hall–Kier alpha value is -1.69. The summed E-state index contributed by atoms with van der Waals surface area (Å²) in [6.07, 6.45) is 6.64. The molecule has 0 saturated carbocycles. The molecular weight excluding hydrogens is 164 g/mol. The molecule has 0 atom stereocenters. The van der Waals surface area contributed by atoms with Crippen molar-refractivity contribution in [1.82, 2.24) is 4.98 Å². The molecule has 1 heterocycles. The average molecular weight is 176 g/mol. The number of nitrogens with zero attached hydrogens (tertiary/aromatic N) is 1. The SMILES string of the molecule is C#CCO/N=C/c1cc(C)[nH]c1C. The molecule has 3 heteroatoms. The maximum Gasteiger partial charge on any atom is 0.177 e. The van der Waals surface area contributed by atoms with Crippen LogP contribution in [0.1, 0.15) is 17.0 Å². The fourth-order valence-electron chi connectivity index (χ4n) is 1.05. The zero-order chi connectivity index (χ0) is 9.68. The van der Waals surface area contributed by atoms with Crippen molar-refractivity contribution < 1.29 is 4.84 Å². The third-order valence-corrected chi connectivity index (χ3v) is 1.60. The van der Waals surface area contributed by atoms with Crippen molar-refractivity contribution in [3.63, 3.8) is 0 Å². The fraction of sp³-hybridized carbons (Fsp3) is 0.300. The largest absolute Gasteiger partial charge is 0.383 e. The summed E-state index contributed by atoms with van der Waals surface area (Å²) in [6.45, 7) is 4.18. The number of terminal acetylenes is 1. The first-order valence-corrected chi connectivity index (χ1v) is 3.99. The number of hydrogen-bond donors (Lipinski definition) is 1. The van der Waals surface area contributed by atoms with Gasteiger partial charge in [-0.25, -0.2) is 0 Å². The Labute approximate surface area is 77.8 Å². The van der Waals surface area contributed by atoms with E-state index in [0.717, 1.165) is 17.0 Å². The summed E-state index contributed by atoms with van der Waals surface area (Å²) in [5.41, 5.74) is 3.20. The quantitative estimate of drug-likeness (QED) is 0.323. The molecule has 1 aromatic rings. The topological polar surface area (TPSA) is 37.4 Å². The minimum atomic E-state index is 0.207. The lowest BCUT2D eigenvalue weighted by Gasteiger charge is -1.90. The number of H-pyrrole nitrogens is 1. The van der Waals surface area contributed by atoms with Gasteiger partial charge >= 0.3 is 0 Å². The molecule has 0 amide bonds. The molecule has 0 saturated heterocycles. The lowest BCUT2D eigenvalue weighted by Crippen LogP contribution is -1.85. The van der Waals surface area contributed by atoms with E-state index >= 15 is 0 Å². The molecule has 0 unspecified atom stereocenters. The number of hydrogen-bond acceptors (Lipinski definition) is 2. The molecule has 1 aromatic heterocycles. The number of oxime groups is 1. The van der Waals surface area contributed by atoms with Gasteiger partial charge in [0.15, 0.2) is 6.61 Å². The van der Waals surface area contributed by atoms with Crippen LogP contribution in [0.25, 0.3) is 0 Å². The van der Waals surface area contributed by atoms with Crippen molar-refractivity contribution >= 4 is 6.21 Å². The van der Waals surface area contributed by atoms with Gasteiger partial charge in [0.05, 0.1) is 6.21 Å². The van der Waals surface area contributed by atoms with Gasteiger partial charge in [0.25, 0.3) is 0 Å². The van der Waals surface area contributed by atoms with Gasteiger partial charge in [0.2, 0.25) is 0 Å². The maximum atomic E-state index is 4.99. The van der Waals surface area contributed by atoms with Crippen molar-refractivity contribution in [3.05, 3.63) is 23.0 Å². The van der Waals surface area contributed by atoms with E-state index in [2.05, 4.69) is 16.1 Å². The molecule has 0 aromatic carbocycles.